The highest BCUT2D eigenvalue weighted by molar-refractivity contribution is 8.13. The van der Waals surface area contributed by atoms with E-state index >= 15 is 0 Å². The molecule has 104 valence electrons. The highest BCUT2D eigenvalue weighted by Crippen LogP contribution is 2.12. The Morgan fingerprint density at radius 1 is 1.12 bits per heavy atom. The molecule has 3 nitrogen and oxygen atoms in total. The van der Waals surface area contributed by atoms with E-state index in [4.69, 9.17) is 15.4 Å². The third-order valence-electron chi connectivity index (χ3n) is 2.79. The topological polar surface area (TPSA) is 43.4 Å². The lowest BCUT2D eigenvalue weighted by atomic mass is 10.1. The van der Waals surface area contributed by atoms with Gasteiger partial charge in [0.2, 0.25) is 9.05 Å². The summed E-state index contributed by atoms with van der Waals surface area (Å²) >= 11 is 0. The van der Waals surface area contributed by atoms with Crippen LogP contribution < -0.4 is 0 Å². The number of hydrogen-bond donors (Lipinski definition) is 0. The van der Waals surface area contributed by atoms with Gasteiger partial charge in [-0.1, -0.05) is 27.2 Å². The van der Waals surface area contributed by atoms with Gasteiger partial charge in [-0.2, -0.15) is 0 Å². The van der Waals surface area contributed by atoms with Crippen molar-refractivity contribution in [2.24, 2.45) is 11.8 Å². The molecule has 0 N–H and O–H groups in total. The van der Waals surface area contributed by atoms with E-state index in [0.29, 0.717) is 24.9 Å². The van der Waals surface area contributed by atoms with Crippen molar-refractivity contribution in [2.75, 3.05) is 19.0 Å². The molecule has 17 heavy (non-hydrogen) atoms. The van der Waals surface area contributed by atoms with Crippen molar-refractivity contribution >= 4 is 19.7 Å². The molecule has 0 bridgehead atoms. The molecule has 0 spiro atoms. The molecule has 2 atom stereocenters. The SMILES string of the molecule is CCCC(C)COCCC(C)CCS(=O)(=O)Cl. The van der Waals surface area contributed by atoms with Crippen LogP contribution in [0.1, 0.15) is 46.5 Å². The minimum Gasteiger partial charge on any atom is -0.381 e. The summed E-state index contributed by atoms with van der Waals surface area (Å²) in [5.74, 6) is 1.01. The normalized spacial score (nSPS) is 15.8. The van der Waals surface area contributed by atoms with Crippen molar-refractivity contribution in [3.05, 3.63) is 0 Å². The molecule has 0 aromatic rings. The lowest BCUT2D eigenvalue weighted by Gasteiger charge is -2.13. The zero-order valence-electron chi connectivity index (χ0n) is 11.1. The van der Waals surface area contributed by atoms with Crippen molar-refractivity contribution in [3.63, 3.8) is 0 Å². The van der Waals surface area contributed by atoms with Crippen LogP contribution in [0.5, 0.6) is 0 Å². The summed E-state index contributed by atoms with van der Waals surface area (Å²) < 4.78 is 27.1. The largest absolute Gasteiger partial charge is 0.381 e. The van der Waals surface area contributed by atoms with Gasteiger partial charge in [-0.25, -0.2) is 8.42 Å². The lowest BCUT2D eigenvalue weighted by Crippen LogP contribution is -2.10. The molecule has 0 saturated heterocycles. The molecule has 0 aliphatic heterocycles. The summed E-state index contributed by atoms with van der Waals surface area (Å²) in [6.45, 7) is 7.89. The predicted octanol–water partition coefficient (Wildman–Crippen LogP) is 3.42. The van der Waals surface area contributed by atoms with E-state index in [9.17, 15) is 8.42 Å². The summed E-state index contributed by atoms with van der Waals surface area (Å²) in [5.41, 5.74) is 0. The molecule has 0 aromatic heterocycles. The van der Waals surface area contributed by atoms with E-state index < -0.39 is 9.05 Å². The summed E-state index contributed by atoms with van der Waals surface area (Å²) in [4.78, 5) is 0. The van der Waals surface area contributed by atoms with Gasteiger partial charge in [0.05, 0.1) is 5.75 Å². The van der Waals surface area contributed by atoms with Crippen molar-refractivity contribution in [2.45, 2.75) is 46.5 Å². The molecule has 0 amide bonds. The summed E-state index contributed by atoms with van der Waals surface area (Å²) in [6, 6.07) is 0. The molecule has 0 radical (unpaired) electrons. The number of halogens is 1. The molecule has 0 fully saturated rings. The number of ether oxygens (including phenoxy) is 1. The first kappa shape index (κ1) is 17.2. The van der Waals surface area contributed by atoms with Gasteiger partial charge in [0.1, 0.15) is 0 Å². The molecular weight excluding hydrogens is 260 g/mol. The van der Waals surface area contributed by atoms with Crippen LogP contribution in [-0.2, 0) is 13.8 Å². The van der Waals surface area contributed by atoms with Crippen LogP contribution in [0.2, 0.25) is 0 Å². The maximum atomic E-state index is 10.8. The van der Waals surface area contributed by atoms with Gasteiger partial charge in [0.25, 0.3) is 0 Å². The van der Waals surface area contributed by atoms with Crippen LogP contribution in [0, 0.1) is 11.8 Å². The average Bonchev–Trinajstić information content (AvgIpc) is 2.21. The van der Waals surface area contributed by atoms with Gasteiger partial charge in [0, 0.05) is 23.9 Å². The van der Waals surface area contributed by atoms with Gasteiger partial charge in [0.15, 0.2) is 0 Å². The monoisotopic (exact) mass is 284 g/mol. The maximum absolute atomic E-state index is 10.8. The molecule has 0 rings (SSSR count). The molecule has 0 saturated carbocycles. The van der Waals surface area contributed by atoms with Gasteiger partial charge >= 0.3 is 0 Å². The molecule has 2 unspecified atom stereocenters. The van der Waals surface area contributed by atoms with Crippen molar-refractivity contribution in [1.29, 1.82) is 0 Å². The van der Waals surface area contributed by atoms with Gasteiger partial charge in [-0.3, -0.25) is 0 Å². The minimum atomic E-state index is -3.34. The third-order valence-corrected chi connectivity index (χ3v) is 3.98. The third kappa shape index (κ3) is 12.4. The summed E-state index contributed by atoms with van der Waals surface area (Å²) in [5, 5.41) is 0. The highest BCUT2D eigenvalue weighted by atomic mass is 35.7. The van der Waals surface area contributed by atoms with Crippen LogP contribution in [0.4, 0.5) is 0 Å². The molecule has 0 aliphatic rings. The Morgan fingerprint density at radius 3 is 2.29 bits per heavy atom. The Morgan fingerprint density at radius 2 is 1.76 bits per heavy atom. The first-order valence-corrected chi connectivity index (χ1v) is 8.83. The smallest absolute Gasteiger partial charge is 0.232 e. The van der Waals surface area contributed by atoms with Crippen LogP contribution in [-0.4, -0.2) is 27.4 Å². The number of rotatable bonds is 10. The fraction of sp³-hybridized carbons (Fsp3) is 1.00. The van der Waals surface area contributed by atoms with E-state index in [0.717, 1.165) is 13.0 Å². The Kier molecular flexibility index (Phi) is 9.28. The quantitative estimate of drug-likeness (QED) is 0.456. The zero-order chi connectivity index (χ0) is 13.3. The zero-order valence-corrected chi connectivity index (χ0v) is 12.7. The van der Waals surface area contributed by atoms with Crippen LogP contribution in [0.15, 0.2) is 0 Å². The van der Waals surface area contributed by atoms with E-state index in [2.05, 4.69) is 13.8 Å². The lowest BCUT2D eigenvalue weighted by molar-refractivity contribution is 0.0917. The minimum absolute atomic E-state index is 0.0575. The summed E-state index contributed by atoms with van der Waals surface area (Å²) in [7, 11) is 1.82. The Balaban J connectivity index is 3.48. The molecule has 0 aliphatic carbocycles. The molecule has 0 heterocycles. The fourth-order valence-electron chi connectivity index (χ4n) is 1.63. The molecule has 0 aromatic carbocycles. The second kappa shape index (κ2) is 9.17. The first-order valence-electron chi connectivity index (χ1n) is 6.35. The van der Waals surface area contributed by atoms with Gasteiger partial charge in [-0.15, -0.1) is 0 Å². The average molecular weight is 285 g/mol. The van der Waals surface area contributed by atoms with Crippen molar-refractivity contribution < 1.29 is 13.2 Å². The Hall–Kier alpha value is 0.200. The van der Waals surface area contributed by atoms with Crippen LogP contribution in [0.3, 0.4) is 0 Å². The summed E-state index contributed by atoms with van der Waals surface area (Å²) in [6.07, 6.45) is 3.89. The van der Waals surface area contributed by atoms with Crippen LogP contribution in [0.25, 0.3) is 0 Å². The molecule has 5 heteroatoms. The van der Waals surface area contributed by atoms with E-state index in [1.54, 1.807) is 0 Å². The van der Waals surface area contributed by atoms with Crippen LogP contribution >= 0.6 is 10.7 Å². The Labute approximate surface area is 110 Å². The standard InChI is InChI=1S/C12H25ClO3S/c1-4-5-12(3)10-16-8-6-11(2)7-9-17(13,14)15/h11-12H,4-10H2,1-3H3. The number of hydrogen-bond acceptors (Lipinski definition) is 3. The van der Waals surface area contributed by atoms with E-state index in [1.807, 2.05) is 6.92 Å². The molecular formula is C12H25ClO3S. The van der Waals surface area contributed by atoms with Gasteiger partial charge < -0.3 is 4.74 Å². The van der Waals surface area contributed by atoms with E-state index in [-0.39, 0.29) is 5.75 Å². The van der Waals surface area contributed by atoms with Gasteiger partial charge in [-0.05, 0) is 31.1 Å². The second-order valence-corrected chi connectivity index (χ2v) is 7.79. The first-order chi connectivity index (χ1) is 7.85. The van der Waals surface area contributed by atoms with Crippen molar-refractivity contribution in [1.82, 2.24) is 0 Å². The van der Waals surface area contributed by atoms with E-state index in [1.165, 1.54) is 12.8 Å². The predicted molar refractivity (Wildman–Crippen MR) is 72.9 cm³/mol. The highest BCUT2D eigenvalue weighted by Gasteiger charge is 2.09. The van der Waals surface area contributed by atoms with Crippen molar-refractivity contribution in [3.8, 4) is 0 Å². The maximum Gasteiger partial charge on any atom is 0.232 e. The second-order valence-electron chi connectivity index (χ2n) is 4.89. The fourth-order valence-corrected chi connectivity index (χ4v) is 2.58. The Bertz CT molecular complexity index is 277.